The molecule has 0 aromatic rings. The van der Waals surface area contributed by atoms with Crippen molar-refractivity contribution in [1.82, 2.24) is 16.0 Å². The highest BCUT2D eigenvalue weighted by Crippen LogP contribution is 1.99. The summed E-state index contributed by atoms with van der Waals surface area (Å²) in [6.45, 7) is 8.90. The van der Waals surface area contributed by atoms with Crippen molar-refractivity contribution in [2.24, 2.45) is 5.92 Å². The predicted octanol–water partition coefficient (Wildman–Crippen LogP) is 0.0986. The first kappa shape index (κ1) is 12.5. The van der Waals surface area contributed by atoms with Gasteiger partial charge in [-0.2, -0.15) is 0 Å². The van der Waals surface area contributed by atoms with E-state index in [4.69, 9.17) is 0 Å². The third-order valence-electron chi connectivity index (χ3n) is 2.62. The van der Waals surface area contributed by atoms with Crippen LogP contribution in [0, 0.1) is 5.92 Å². The van der Waals surface area contributed by atoms with Crippen LogP contribution in [-0.4, -0.2) is 37.6 Å². The van der Waals surface area contributed by atoms with Crippen LogP contribution in [0.3, 0.4) is 0 Å². The summed E-state index contributed by atoms with van der Waals surface area (Å²) in [5, 5.41) is 9.53. The molecule has 1 saturated heterocycles. The van der Waals surface area contributed by atoms with Gasteiger partial charge in [0.25, 0.3) is 0 Å². The lowest BCUT2D eigenvalue weighted by atomic mass is 10.2. The molecule has 0 aliphatic carbocycles. The van der Waals surface area contributed by atoms with Gasteiger partial charge in [0.15, 0.2) is 0 Å². The van der Waals surface area contributed by atoms with Gasteiger partial charge in [-0.25, -0.2) is 0 Å². The Kier molecular flexibility index (Phi) is 5.05. The third-order valence-corrected chi connectivity index (χ3v) is 2.62. The van der Waals surface area contributed by atoms with Gasteiger partial charge in [0.2, 0.25) is 5.91 Å². The monoisotopic (exact) mass is 213 g/mol. The molecular weight excluding hydrogens is 190 g/mol. The van der Waals surface area contributed by atoms with E-state index >= 15 is 0 Å². The van der Waals surface area contributed by atoms with Crippen molar-refractivity contribution in [2.45, 2.75) is 39.3 Å². The SMILES string of the molecule is CC(C)CNC(=O)C(C)NC1CCNC1. The highest BCUT2D eigenvalue weighted by molar-refractivity contribution is 5.81. The summed E-state index contributed by atoms with van der Waals surface area (Å²) in [7, 11) is 0. The first-order valence-electron chi connectivity index (χ1n) is 5.84. The number of carbonyl (C=O) groups is 1. The quantitative estimate of drug-likeness (QED) is 0.607. The van der Waals surface area contributed by atoms with Crippen molar-refractivity contribution in [1.29, 1.82) is 0 Å². The van der Waals surface area contributed by atoms with E-state index < -0.39 is 0 Å². The van der Waals surface area contributed by atoms with Crippen molar-refractivity contribution in [3.63, 3.8) is 0 Å². The van der Waals surface area contributed by atoms with E-state index in [1.807, 2.05) is 6.92 Å². The number of rotatable bonds is 5. The van der Waals surface area contributed by atoms with E-state index in [2.05, 4.69) is 29.8 Å². The second-order valence-corrected chi connectivity index (χ2v) is 4.72. The van der Waals surface area contributed by atoms with Crippen molar-refractivity contribution < 1.29 is 4.79 Å². The standard InChI is InChI=1S/C11H23N3O/c1-8(2)6-13-11(15)9(3)14-10-4-5-12-7-10/h8-10,12,14H,4-7H2,1-3H3,(H,13,15). The van der Waals surface area contributed by atoms with Crippen LogP contribution in [0.1, 0.15) is 27.2 Å². The molecule has 1 rings (SSSR count). The zero-order valence-corrected chi connectivity index (χ0v) is 9.97. The van der Waals surface area contributed by atoms with E-state index in [0.717, 1.165) is 26.1 Å². The van der Waals surface area contributed by atoms with Gasteiger partial charge in [-0.05, 0) is 25.8 Å². The molecule has 4 heteroatoms. The first-order chi connectivity index (χ1) is 7.09. The van der Waals surface area contributed by atoms with E-state index in [9.17, 15) is 4.79 Å². The highest BCUT2D eigenvalue weighted by atomic mass is 16.2. The number of carbonyl (C=O) groups excluding carboxylic acids is 1. The average molecular weight is 213 g/mol. The van der Waals surface area contributed by atoms with E-state index in [-0.39, 0.29) is 11.9 Å². The average Bonchev–Trinajstić information content (AvgIpc) is 2.66. The van der Waals surface area contributed by atoms with Gasteiger partial charge in [0.05, 0.1) is 6.04 Å². The largest absolute Gasteiger partial charge is 0.354 e. The molecule has 1 fully saturated rings. The van der Waals surface area contributed by atoms with Crippen molar-refractivity contribution in [3.8, 4) is 0 Å². The van der Waals surface area contributed by atoms with Gasteiger partial charge in [0, 0.05) is 19.1 Å². The lowest BCUT2D eigenvalue weighted by molar-refractivity contribution is -0.123. The normalized spacial score (nSPS) is 23.1. The Morgan fingerprint density at radius 2 is 2.20 bits per heavy atom. The molecular formula is C11H23N3O. The fourth-order valence-electron chi connectivity index (χ4n) is 1.68. The minimum atomic E-state index is -0.0892. The fraction of sp³-hybridized carbons (Fsp3) is 0.909. The van der Waals surface area contributed by atoms with E-state index in [1.165, 1.54) is 0 Å². The Labute approximate surface area is 92.2 Å². The maximum absolute atomic E-state index is 11.6. The van der Waals surface area contributed by atoms with Crippen LogP contribution in [0.4, 0.5) is 0 Å². The maximum atomic E-state index is 11.6. The minimum absolute atomic E-state index is 0.0892. The molecule has 0 saturated carbocycles. The van der Waals surface area contributed by atoms with Crippen LogP contribution in [0.15, 0.2) is 0 Å². The molecule has 1 aliphatic heterocycles. The molecule has 1 aliphatic rings. The molecule has 1 heterocycles. The van der Waals surface area contributed by atoms with Crippen molar-refractivity contribution in [3.05, 3.63) is 0 Å². The molecule has 4 nitrogen and oxygen atoms in total. The topological polar surface area (TPSA) is 53.2 Å². The molecule has 88 valence electrons. The Hall–Kier alpha value is -0.610. The summed E-state index contributed by atoms with van der Waals surface area (Å²) in [6, 6.07) is 0.360. The van der Waals surface area contributed by atoms with Gasteiger partial charge >= 0.3 is 0 Å². The maximum Gasteiger partial charge on any atom is 0.236 e. The smallest absolute Gasteiger partial charge is 0.236 e. The lowest BCUT2D eigenvalue weighted by Gasteiger charge is -2.18. The minimum Gasteiger partial charge on any atom is -0.354 e. The van der Waals surface area contributed by atoms with Gasteiger partial charge in [-0.15, -0.1) is 0 Å². The number of nitrogens with one attached hydrogen (secondary N) is 3. The molecule has 2 atom stereocenters. The number of hydrogen-bond acceptors (Lipinski definition) is 3. The van der Waals surface area contributed by atoms with Crippen LogP contribution >= 0.6 is 0 Å². The van der Waals surface area contributed by atoms with E-state index in [0.29, 0.717) is 12.0 Å². The van der Waals surface area contributed by atoms with Gasteiger partial charge in [-0.3, -0.25) is 4.79 Å². The molecule has 1 amide bonds. The van der Waals surface area contributed by atoms with Crippen LogP contribution in [0.5, 0.6) is 0 Å². The second-order valence-electron chi connectivity index (χ2n) is 4.72. The predicted molar refractivity (Wildman–Crippen MR) is 61.7 cm³/mol. The molecule has 0 bridgehead atoms. The third kappa shape index (κ3) is 4.62. The Balaban J connectivity index is 2.19. The highest BCUT2D eigenvalue weighted by Gasteiger charge is 2.20. The first-order valence-corrected chi connectivity index (χ1v) is 5.84. The Bertz CT molecular complexity index is 200. The summed E-state index contributed by atoms with van der Waals surface area (Å²) in [4.78, 5) is 11.6. The lowest BCUT2D eigenvalue weighted by Crippen LogP contribution is -2.47. The molecule has 3 N–H and O–H groups in total. The summed E-state index contributed by atoms with van der Waals surface area (Å²) < 4.78 is 0. The van der Waals surface area contributed by atoms with Crippen LogP contribution in [-0.2, 0) is 4.79 Å². The number of hydrogen-bond donors (Lipinski definition) is 3. The summed E-state index contributed by atoms with van der Waals surface area (Å²) >= 11 is 0. The molecule has 2 unspecified atom stereocenters. The zero-order chi connectivity index (χ0) is 11.3. The van der Waals surface area contributed by atoms with Crippen molar-refractivity contribution >= 4 is 5.91 Å². The second kappa shape index (κ2) is 6.08. The molecule has 0 aromatic carbocycles. The fourth-order valence-corrected chi connectivity index (χ4v) is 1.68. The van der Waals surface area contributed by atoms with Gasteiger partial charge in [0.1, 0.15) is 0 Å². The summed E-state index contributed by atoms with van der Waals surface area (Å²) in [5.74, 6) is 0.616. The molecule has 0 radical (unpaired) electrons. The Morgan fingerprint density at radius 1 is 1.47 bits per heavy atom. The van der Waals surface area contributed by atoms with Crippen LogP contribution < -0.4 is 16.0 Å². The van der Waals surface area contributed by atoms with Crippen molar-refractivity contribution in [2.75, 3.05) is 19.6 Å². The van der Waals surface area contributed by atoms with Crippen LogP contribution in [0.25, 0.3) is 0 Å². The molecule has 15 heavy (non-hydrogen) atoms. The zero-order valence-electron chi connectivity index (χ0n) is 9.97. The number of amides is 1. The summed E-state index contributed by atoms with van der Waals surface area (Å²) in [5.41, 5.74) is 0. The Morgan fingerprint density at radius 3 is 2.73 bits per heavy atom. The van der Waals surface area contributed by atoms with Gasteiger partial charge in [-0.1, -0.05) is 13.8 Å². The van der Waals surface area contributed by atoms with Crippen LogP contribution in [0.2, 0.25) is 0 Å². The van der Waals surface area contributed by atoms with E-state index in [1.54, 1.807) is 0 Å². The molecule has 0 spiro atoms. The molecule has 0 aromatic heterocycles. The summed E-state index contributed by atoms with van der Waals surface area (Å²) in [6.07, 6.45) is 1.11. The van der Waals surface area contributed by atoms with Gasteiger partial charge < -0.3 is 16.0 Å².